The molecular formula is C14H28N2O3S. The van der Waals surface area contributed by atoms with Gasteiger partial charge in [0.15, 0.2) is 0 Å². The van der Waals surface area contributed by atoms with Gasteiger partial charge in [-0.15, -0.1) is 0 Å². The van der Waals surface area contributed by atoms with Crippen LogP contribution >= 0.6 is 0 Å². The van der Waals surface area contributed by atoms with Gasteiger partial charge in [0.25, 0.3) is 0 Å². The first-order chi connectivity index (χ1) is 9.26. The summed E-state index contributed by atoms with van der Waals surface area (Å²) in [5.74, 6) is 0.749. The molecule has 5 nitrogen and oxygen atoms in total. The molecule has 6 heteroatoms. The van der Waals surface area contributed by atoms with E-state index < -0.39 is 16.4 Å². The lowest BCUT2D eigenvalue weighted by atomic mass is 10.2. The number of ether oxygens (including phenoxy) is 1. The Morgan fingerprint density at radius 1 is 1.30 bits per heavy atom. The lowest BCUT2D eigenvalue weighted by molar-refractivity contribution is 0.0505. The minimum Gasteiger partial charge on any atom is -0.444 e. The summed E-state index contributed by atoms with van der Waals surface area (Å²) in [4.78, 5) is 11.7. The summed E-state index contributed by atoms with van der Waals surface area (Å²) in [6.45, 7) is 6.49. The predicted octanol–water partition coefficient (Wildman–Crippen LogP) is 1.79. The summed E-state index contributed by atoms with van der Waals surface area (Å²) in [5.41, 5.74) is -0.448. The molecule has 118 valence electrons. The molecule has 0 aliphatic heterocycles. The molecule has 1 saturated carbocycles. The van der Waals surface area contributed by atoms with Crippen LogP contribution < -0.4 is 10.6 Å². The van der Waals surface area contributed by atoms with Crippen molar-refractivity contribution >= 4 is 16.9 Å². The molecule has 0 heterocycles. The molecule has 1 fully saturated rings. The molecule has 0 saturated heterocycles. The van der Waals surface area contributed by atoms with E-state index in [0.717, 1.165) is 38.0 Å². The van der Waals surface area contributed by atoms with E-state index in [4.69, 9.17) is 4.74 Å². The molecule has 3 unspecified atom stereocenters. The molecule has 0 spiro atoms. The Morgan fingerprint density at radius 3 is 2.55 bits per heavy atom. The first-order valence-electron chi connectivity index (χ1n) is 7.29. The monoisotopic (exact) mass is 304 g/mol. The maximum absolute atomic E-state index is 11.7. The van der Waals surface area contributed by atoms with Crippen molar-refractivity contribution in [2.75, 3.05) is 18.6 Å². The second-order valence-electron chi connectivity index (χ2n) is 6.44. The molecule has 0 aromatic carbocycles. The fourth-order valence-electron chi connectivity index (χ4n) is 2.35. The number of carbonyl (C=O) groups is 1. The predicted molar refractivity (Wildman–Crippen MR) is 82.3 cm³/mol. The van der Waals surface area contributed by atoms with E-state index in [1.165, 1.54) is 0 Å². The molecule has 1 rings (SSSR count). The minimum atomic E-state index is -0.707. The number of alkyl carbamates (subject to hydrolysis) is 1. The van der Waals surface area contributed by atoms with E-state index in [0.29, 0.717) is 6.04 Å². The zero-order valence-electron chi connectivity index (χ0n) is 13.0. The SMILES string of the molecule is CS(=O)CCCNC1CCC(NC(=O)OC(C)(C)C)C1. The average molecular weight is 304 g/mol. The third kappa shape index (κ3) is 7.85. The molecule has 1 amide bonds. The molecule has 0 bridgehead atoms. The molecular weight excluding hydrogens is 276 g/mol. The first kappa shape index (κ1) is 17.4. The average Bonchev–Trinajstić information content (AvgIpc) is 2.69. The first-order valence-corrected chi connectivity index (χ1v) is 9.02. The highest BCUT2D eigenvalue weighted by Gasteiger charge is 2.27. The maximum Gasteiger partial charge on any atom is 0.407 e. The van der Waals surface area contributed by atoms with Gasteiger partial charge in [0.05, 0.1) is 0 Å². The maximum atomic E-state index is 11.7. The van der Waals surface area contributed by atoms with Crippen molar-refractivity contribution in [3.05, 3.63) is 0 Å². The van der Waals surface area contributed by atoms with Crippen molar-refractivity contribution in [3.8, 4) is 0 Å². The van der Waals surface area contributed by atoms with Crippen molar-refractivity contribution in [3.63, 3.8) is 0 Å². The summed E-state index contributed by atoms with van der Waals surface area (Å²) in [6, 6.07) is 0.642. The van der Waals surface area contributed by atoms with Crippen LogP contribution in [0, 0.1) is 0 Å². The zero-order chi connectivity index (χ0) is 15.2. The second-order valence-corrected chi connectivity index (χ2v) is 7.99. The second kappa shape index (κ2) is 7.98. The highest BCUT2D eigenvalue weighted by molar-refractivity contribution is 7.84. The molecule has 1 aliphatic carbocycles. The quantitative estimate of drug-likeness (QED) is 0.734. The lowest BCUT2D eigenvalue weighted by Gasteiger charge is -2.21. The third-order valence-corrected chi connectivity index (χ3v) is 4.06. The Morgan fingerprint density at radius 2 is 1.95 bits per heavy atom. The van der Waals surface area contributed by atoms with Crippen LogP contribution in [0.1, 0.15) is 46.5 Å². The highest BCUT2D eigenvalue weighted by atomic mass is 32.2. The lowest BCUT2D eigenvalue weighted by Crippen LogP contribution is -2.39. The van der Waals surface area contributed by atoms with Gasteiger partial charge >= 0.3 is 6.09 Å². The van der Waals surface area contributed by atoms with Crippen molar-refractivity contribution in [1.29, 1.82) is 0 Å². The van der Waals surface area contributed by atoms with Crippen molar-refractivity contribution in [1.82, 2.24) is 10.6 Å². The summed E-state index contributed by atoms with van der Waals surface area (Å²) in [6.07, 6.45) is 5.32. The van der Waals surface area contributed by atoms with Crippen LogP contribution in [0.3, 0.4) is 0 Å². The van der Waals surface area contributed by atoms with E-state index in [9.17, 15) is 9.00 Å². The Kier molecular flexibility index (Phi) is 6.95. The normalized spacial score (nSPS) is 24.4. The third-order valence-electron chi connectivity index (χ3n) is 3.20. The molecule has 0 radical (unpaired) electrons. The van der Waals surface area contributed by atoms with Crippen molar-refractivity contribution in [2.45, 2.75) is 64.1 Å². The highest BCUT2D eigenvalue weighted by Crippen LogP contribution is 2.19. The number of hydrogen-bond donors (Lipinski definition) is 2. The van der Waals surface area contributed by atoms with Crippen LogP contribution in [-0.4, -0.2) is 46.5 Å². The largest absolute Gasteiger partial charge is 0.444 e. The molecule has 20 heavy (non-hydrogen) atoms. The summed E-state index contributed by atoms with van der Waals surface area (Å²) >= 11 is 0. The molecule has 1 aliphatic rings. The van der Waals surface area contributed by atoms with Crippen LogP contribution in [0.25, 0.3) is 0 Å². The summed E-state index contributed by atoms with van der Waals surface area (Å²) in [7, 11) is -0.707. The summed E-state index contributed by atoms with van der Waals surface area (Å²) < 4.78 is 16.2. The topological polar surface area (TPSA) is 67.4 Å². The van der Waals surface area contributed by atoms with E-state index in [1.54, 1.807) is 6.26 Å². The molecule has 0 aromatic heterocycles. The molecule has 3 atom stereocenters. The molecule has 2 N–H and O–H groups in total. The van der Waals surface area contributed by atoms with Gasteiger partial charge in [0, 0.05) is 34.9 Å². The fraction of sp³-hybridized carbons (Fsp3) is 0.929. The Labute approximate surface area is 124 Å². The van der Waals surface area contributed by atoms with E-state index in [1.807, 2.05) is 20.8 Å². The van der Waals surface area contributed by atoms with Gasteiger partial charge in [0.1, 0.15) is 5.60 Å². The Bertz CT molecular complexity index is 342. The smallest absolute Gasteiger partial charge is 0.407 e. The molecule has 0 aromatic rings. The van der Waals surface area contributed by atoms with Crippen LogP contribution in [0.2, 0.25) is 0 Å². The van der Waals surface area contributed by atoms with Gasteiger partial charge in [-0.3, -0.25) is 4.21 Å². The van der Waals surface area contributed by atoms with Gasteiger partial charge in [-0.05, 0) is 53.0 Å². The van der Waals surface area contributed by atoms with Gasteiger partial charge in [-0.25, -0.2) is 4.79 Å². The number of hydrogen-bond acceptors (Lipinski definition) is 4. The standard InChI is InChI=1S/C14H28N2O3S/c1-14(2,3)19-13(17)16-12-7-6-11(10-12)15-8-5-9-20(4)18/h11-12,15H,5-10H2,1-4H3,(H,16,17). The van der Waals surface area contributed by atoms with Crippen molar-refractivity contribution < 1.29 is 13.7 Å². The van der Waals surface area contributed by atoms with E-state index in [2.05, 4.69) is 10.6 Å². The van der Waals surface area contributed by atoms with Gasteiger partial charge in [-0.1, -0.05) is 0 Å². The van der Waals surface area contributed by atoms with Gasteiger partial charge in [0.2, 0.25) is 0 Å². The zero-order valence-corrected chi connectivity index (χ0v) is 13.8. The number of carbonyl (C=O) groups excluding carboxylic acids is 1. The number of nitrogens with one attached hydrogen (secondary N) is 2. The van der Waals surface area contributed by atoms with Crippen LogP contribution in [0.5, 0.6) is 0 Å². The van der Waals surface area contributed by atoms with E-state index >= 15 is 0 Å². The Balaban J connectivity index is 2.16. The Hall–Kier alpha value is -0.620. The van der Waals surface area contributed by atoms with Gasteiger partial charge in [-0.2, -0.15) is 0 Å². The van der Waals surface area contributed by atoms with Crippen molar-refractivity contribution in [2.24, 2.45) is 0 Å². The summed E-state index contributed by atoms with van der Waals surface area (Å²) in [5, 5.41) is 6.39. The number of amides is 1. The minimum absolute atomic E-state index is 0.197. The van der Waals surface area contributed by atoms with Crippen LogP contribution in [0.15, 0.2) is 0 Å². The van der Waals surface area contributed by atoms with Gasteiger partial charge < -0.3 is 15.4 Å². The van der Waals surface area contributed by atoms with E-state index in [-0.39, 0.29) is 12.1 Å². The number of rotatable bonds is 6. The van der Waals surface area contributed by atoms with Crippen LogP contribution in [-0.2, 0) is 15.5 Å². The van der Waals surface area contributed by atoms with Crippen LogP contribution in [0.4, 0.5) is 4.79 Å². The fourth-order valence-corrected chi connectivity index (χ4v) is 2.90.